The van der Waals surface area contributed by atoms with Gasteiger partial charge >= 0.3 is 5.97 Å². The highest BCUT2D eigenvalue weighted by molar-refractivity contribution is 5.96. The molecular weight excluding hydrogens is 338 g/mol. The first-order valence-corrected chi connectivity index (χ1v) is 8.28. The fourth-order valence-electron chi connectivity index (χ4n) is 1.87. The fourth-order valence-corrected chi connectivity index (χ4v) is 1.87. The van der Waals surface area contributed by atoms with Crippen molar-refractivity contribution in [2.75, 3.05) is 18.4 Å². The molecule has 0 saturated carbocycles. The zero-order valence-electron chi connectivity index (χ0n) is 15.2. The summed E-state index contributed by atoms with van der Waals surface area (Å²) >= 11 is 0. The lowest BCUT2D eigenvalue weighted by Crippen LogP contribution is -2.36. The van der Waals surface area contributed by atoms with Gasteiger partial charge in [-0.1, -0.05) is 20.8 Å². The van der Waals surface area contributed by atoms with E-state index >= 15 is 0 Å². The number of amides is 3. The molecule has 0 fully saturated rings. The molecule has 142 valence electrons. The van der Waals surface area contributed by atoms with Crippen molar-refractivity contribution in [1.29, 1.82) is 0 Å². The van der Waals surface area contributed by atoms with Crippen LogP contribution in [0, 0.1) is 5.41 Å². The van der Waals surface area contributed by atoms with Crippen molar-refractivity contribution in [2.24, 2.45) is 5.41 Å². The third-order valence-corrected chi connectivity index (χ3v) is 3.37. The largest absolute Gasteiger partial charge is 0.481 e. The van der Waals surface area contributed by atoms with Gasteiger partial charge in [0.2, 0.25) is 11.8 Å². The minimum Gasteiger partial charge on any atom is -0.481 e. The Bertz CT molecular complexity index is 662. The molecule has 0 unspecified atom stereocenters. The number of hydrogen-bond donors (Lipinski definition) is 4. The Morgan fingerprint density at radius 2 is 1.50 bits per heavy atom. The van der Waals surface area contributed by atoms with E-state index < -0.39 is 11.4 Å². The minimum absolute atomic E-state index is 0.0486. The zero-order chi connectivity index (χ0) is 19.7. The molecule has 0 aliphatic carbocycles. The number of carbonyl (C=O) groups is 4. The molecule has 4 N–H and O–H groups in total. The van der Waals surface area contributed by atoms with Crippen molar-refractivity contribution in [3.8, 4) is 0 Å². The van der Waals surface area contributed by atoms with Crippen LogP contribution in [-0.4, -0.2) is 41.9 Å². The second-order valence-corrected chi connectivity index (χ2v) is 6.78. The van der Waals surface area contributed by atoms with Crippen molar-refractivity contribution in [3.05, 3.63) is 29.8 Å². The van der Waals surface area contributed by atoms with Gasteiger partial charge in [-0.05, 0) is 24.3 Å². The predicted octanol–water partition coefficient (Wildman–Crippen LogP) is 1.38. The van der Waals surface area contributed by atoms with E-state index in [1.807, 2.05) is 0 Å². The lowest BCUT2D eigenvalue weighted by molar-refractivity contribution is -0.136. The Hall–Kier alpha value is -2.90. The molecule has 0 spiro atoms. The molecule has 1 aromatic carbocycles. The smallest absolute Gasteiger partial charge is 0.305 e. The Labute approximate surface area is 152 Å². The lowest BCUT2D eigenvalue weighted by atomic mass is 9.96. The maximum absolute atomic E-state index is 11.9. The summed E-state index contributed by atoms with van der Waals surface area (Å²) in [7, 11) is 0. The van der Waals surface area contributed by atoms with Crippen molar-refractivity contribution >= 4 is 29.4 Å². The van der Waals surface area contributed by atoms with Crippen molar-refractivity contribution in [2.45, 2.75) is 33.6 Å². The highest BCUT2D eigenvalue weighted by atomic mass is 16.4. The van der Waals surface area contributed by atoms with Gasteiger partial charge in [-0.15, -0.1) is 0 Å². The summed E-state index contributed by atoms with van der Waals surface area (Å²) in [6.45, 7) is 5.67. The monoisotopic (exact) mass is 363 g/mol. The molecule has 0 aliphatic heterocycles. The number of rotatable bonds is 8. The highest BCUT2D eigenvalue weighted by Crippen LogP contribution is 2.12. The van der Waals surface area contributed by atoms with E-state index in [9.17, 15) is 19.2 Å². The van der Waals surface area contributed by atoms with E-state index in [4.69, 9.17) is 5.11 Å². The average molecular weight is 363 g/mol. The van der Waals surface area contributed by atoms with E-state index in [0.29, 0.717) is 11.3 Å². The van der Waals surface area contributed by atoms with Gasteiger partial charge < -0.3 is 21.1 Å². The second kappa shape index (κ2) is 9.55. The predicted molar refractivity (Wildman–Crippen MR) is 96.7 cm³/mol. The first-order chi connectivity index (χ1) is 12.1. The molecule has 0 atom stereocenters. The van der Waals surface area contributed by atoms with Gasteiger partial charge in [-0.25, -0.2) is 0 Å². The van der Waals surface area contributed by atoms with E-state index in [2.05, 4.69) is 16.0 Å². The SMILES string of the molecule is CC(C)(C)C(=O)NCCC(=O)Nc1ccc(C(=O)NCCC(=O)O)cc1. The molecule has 1 rings (SSSR count). The molecule has 0 radical (unpaired) electrons. The molecule has 0 aromatic heterocycles. The van der Waals surface area contributed by atoms with Gasteiger partial charge in [0.15, 0.2) is 0 Å². The minimum atomic E-state index is -0.984. The van der Waals surface area contributed by atoms with E-state index in [1.165, 1.54) is 12.1 Å². The lowest BCUT2D eigenvalue weighted by Gasteiger charge is -2.17. The highest BCUT2D eigenvalue weighted by Gasteiger charge is 2.20. The van der Waals surface area contributed by atoms with Crippen LogP contribution in [0.1, 0.15) is 44.0 Å². The van der Waals surface area contributed by atoms with E-state index in [-0.39, 0.29) is 43.7 Å². The number of carboxylic acids is 1. The number of aliphatic carboxylic acids is 1. The fraction of sp³-hybridized carbons (Fsp3) is 0.444. The molecule has 1 aromatic rings. The molecular formula is C18H25N3O5. The zero-order valence-corrected chi connectivity index (χ0v) is 15.2. The van der Waals surface area contributed by atoms with Gasteiger partial charge in [0.05, 0.1) is 6.42 Å². The van der Waals surface area contributed by atoms with E-state index in [1.54, 1.807) is 32.9 Å². The van der Waals surface area contributed by atoms with Crippen LogP contribution in [0.2, 0.25) is 0 Å². The van der Waals surface area contributed by atoms with Gasteiger partial charge in [-0.3, -0.25) is 19.2 Å². The Balaban J connectivity index is 2.41. The van der Waals surface area contributed by atoms with E-state index in [0.717, 1.165) is 0 Å². The van der Waals surface area contributed by atoms with Crippen LogP contribution >= 0.6 is 0 Å². The molecule has 0 saturated heterocycles. The Kier molecular flexibility index (Phi) is 7.77. The van der Waals surface area contributed by atoms with Gasteiger partial charge in [-0.2, -0.15) is 0 Å². The molecule has 0 heterocycles. The summed E-state index contributed by atoms with van der Waals surface area (Å²) in [5.74, 6) is -1.74. The number of benzene rings is 1. The quantitative estimate of drug-likeness (QED) is 0.555. The summed E-state index contributed by atoms with van der Waals surface area (Å²) in [5.41, 5.74) is 0.391. The summed E-state index contributed by atoms with van der Waals surface area (Å²) in [6.07, 6.45) is -0.00905. The van der Waals surface area contributed by atoms with Gasteiger partial charge in [0.25, 0.3) is 5.91 Å². The summed E-state index contributed by atoms with van der Waals surface area (Å²) in [6, 6.07) is 6.23. The average Bonchev–Trinajstić information content (AvgIpc) is 2.54. The number of carbonyl (C=O) groups excluding carboxylic acids is 3. The van der Waals surface area contributed by atoms with Crippen LogP contribution in [0.15, 0.2) is 24.3 Å². The molecule has 26 heavy (non-hydrogen) atoms. The number of anilines is 1. The molecule has 0 bridgehead atoms. The molecule has 3 amide bonds. The standard InChI is InChI=1S/C18H25N3O5/c1-18(2,3)17(26)20-10-8-14(22)21-13-6-4-12(5-7-13)16(25)19-11-9-15(23)24/h4-7H,8-11H2,1-3H3,(H,19,25)(H,20,26)(H,21,22)(H,23,24). The summed E-state index contributed by atoms with van der Waals surface area (Å²) in [4.78, 5) is 45.8. The normalized spacial score (nSPS) is 10.7. The third kappa shape index (κ3) is 7.78. The number of carboxylic acid groups (broad SMARTS) is 1. The van der Waals surface area contributed by atoms with Crippen LogP contribution in [-0.2, 0) is 14.4 Å². The summed E-state index contributed by atoms with van der Waals surface area (Å²) < 4.78 is 0. The Morgan fingerprint density at radius 1 is 0.923 bits per heavy atom. The second-order valence-electron chi connectivity index (χ2n) is 6.78. The van der Waals surface area contributed by atoms with Crippen LogP contribution in [0.3, 0.4) is 0 Å². The molecule has 8 nitrogen and oxygen atoms in total. The Morgan fingerprint density at radius 3 is 2.04 bits per heavy atom. The van der Waals surface area contributed by atoms with Crippen LogP contribution in [0.5, 0.6) is 0 Å². The van der Waals surface area contributed by atoms with Crippen molar-refractivity contribution in [3.63, 3.8) is 0 Å². The summed E-state index contributed by atoms with van der Waals surface area (Å²) in [5, 5.41) is 16.4. The number of hydrogen-bond acceptors (Lipinski definition) is 4. The molecule has 8 heteroatoms. The number of nitrogens with one attached hydrogen (secondary N) is 3. The van der Waals surface area contributed by atoms with Crippen molar-refractivity contribution in [1.82, 2.24) is 10.6 Å². The van der Waals surface area contributed by atoms with Crippen LogP contribution < -0.4 is 16.0 Å². The maximum Gasteiger partial charge on any atom is 0.305 e. The van der Waals surface area contributed by atoms with Gasteiger partial charge in [0.1, 0.15) is 0 Å². The first kappa shape index (κ1) is 21.1. The third-order valence-electron chi connectivity index (χ3n) is 3.37. The van der Waals surface area contributed by atoms with Crippen LogP contribution in [0.4, 0.5) is 5.69 Å². The molecule has 0 aliphatic rings. The van der Waals surface area contributed by atoms with Crippen LogP contribution in [0.25, 0.3) is 0 Å². The van der Waals surface area contributed by atoms with Crippen molar-refractivity contribution < 1.29 is 24.3 Å². The maximum atomic E-state index is 11.9. The van der Waals surface area contributed by atoms with Gasteiger partial charge in [0, 0.05) is 36.2 Å². The topological polar surface area (TPSA) is 125 Å². The first-order valence-electron chi connectivity index (χ1n) is 8.28.